The Hall–Kier alpha value is -0.260. The van der Waals surface area contributed by atoms with Crippen LogP contribution in [0.1, 0.15) is 27.7 Å². The average molecular weight is 285 g/mol. The van der Waals surface area contributed by atoms with Gasteiger partial charge in [-0.05, 0) is 20.8 Å². The number of aliphatic imine (C=N–C) groups is 1. The van der Waals surface area contributed by atoms with Crippen LogP contribution in [0.25, 0.3) is 0 Å². The van der Waals surface area contributed by atoms with Gasteiger partial charge in [0.1, 0.15) is 0 Å². The molecular weight excluding hydrogens is 258 g/mol. The Labute approximate surface area is 121 Å². The predicted molar refractivity (Wildman–Crippen MR) is 83.1 cm³/mol. The molecular formula is C14H27N3OS. The van der Waals surface area contributed by atoms with Crippen molar-refractivity contribution in [2.45, 2.75) is 38.5 Å². The summed E-state index contributed by atoms with van der Waals surface area (Å²) < 4.78 is 5.79. The van der Waals surface area contributed by atoms with Gasteiger partial charge in [0.25, 0.3) is 0 Å². The Kier molecular flexibility index (Phi) is 5.15. The van der Waals surface area contributed by atoms with Crippen LogP contribution in [0.5, 0.6) is 0 Å². The van der Waals surface area contributed by atoms with Crippen LogP contribution >= 0.6 is 11.8 Å². The van der Waals surface area contributed by atoms with Gasteiger partial charge in [-0.1, -0.05) is 18.7 Å². The standard InChI is InChI=1S/C14H27N3OS/c1-12-11-15-13(19-12)17-7-5-16(6-8-17)9-10-18-14(2,3)4/h12H,5-11H2,1-4H3/t12-/m1/s1. The molecule has 2 aliphatic heterocycles. The van der Waals surface area contributed by atoms with E-state index >= 15 is 0 Å². The molecule has 0 N–H and O–H groups in total. The van der Waals surface area contributed by atoms with Gasteiger partial charge >= 0.3 is 0 Å². The van der Waals surface area contributed by atoms with E-state index in [1.54, 1.807) is 0 Å². The van der Waals surface area contributed by atoms with Crippen molar-refractivity contribution in [1.29, 1.82) is 0 Å². The fourth-order valence-electron chi connectivity index (χ4n) is 2.28. The Bertz CT molecular complexity index is 319. The highest BCUT2D eigenvalue weighted by molar-refractivity contribution is 8.14. The summed E-state index contributed by atoms with van der Waals surface area (Å²) in [5.41, 5.74) is -0.0207. The van der Waals surface area contributed by atoms with Gasteiger partial charge in [0.05, 0.1) is 18.8 Å². The van der Waals surface area contributed by atoms with Gasteiger partial charge in [0.15, 0.2) is 5.17 Å². The molecule has 2 aliphatic rings. The summed E-state index contributed by atoms with van der Waals surface area (Å²) >= 11 is 1.93. The minimum atomic E-state index is -0.0207. The zero-order valence-electron chi connectivity index (χ0n) is 12.7. The van der Waals surface area contributed by atoms with Gasteiger partial charge in [-0.3, -0.25) is 9.89 Å². The molecule has 110 valence electrons. The van der Waals surface area contributed by atoms with Crippen LogP contribution in [0.4, 0.5) is 0 Å². The van der Waals surface area contributed by atoms with E-state index in [2.05, 4.69) is 42.5 Å². The van der Waals surface area contributed by atoms with Crippen LogP contribution in [0.15, 0.2) is 4.99 Å². The number of hydrogen-bond acceptors (Lipinski definition) is 5. The molecule has 5 heteroatoms. The SMILES string of the molecule is C[C@@H]1CN=C(N2CCN(CCOC(C)(C)C)CC2)S1. The molecule has 0 bridgehead atoms. The summed E-state index contributed by atoms with van der Waals surface area (Å²) in [7, 11) is 0. The first-order chi connectivity index (χ1) is 8.94. The van der Waals surface area contributed by atoms with Gasteiger partial charge in [0, 0.05) is 38.0 Å². The maximum atomic E-state index is 5.79. The monoisotopic (exact) mass is 285 g/mol. The van der Waals surface area contributed by atoms with E-state index in [4.69, 9.17) is 4.74 Å². The lowest BCUT2D eigenvalue weighted by atomic mass is 10.2. The summed E-state index contributed by atoms with van der Waals surface area (Å²) in [6.45, 7) is 15.9. The van der Waals surface area contributed by atoms with E-state index in [9.17, 15) is 0 Å². The third kappa shape index (κ3) is 4.97. The van der Waals surface area contributed by atoms with E-state index in [0.29, 0.717) is 5.25 Å². The smallest absolute Gasteiger partial charge is 0.159 e. The molecule has 1 fully saturated rings. The summed E-state index contributed by atoms with van der Waals surface area (Å²) in [4.78, 5) is 9.55. The molecule has 0 aliphatic carbocycles. The molecule has 0 saturated carbocycles. The molecule has 0 aromatic carbocycles. The zero-order chi connectivity index (χ0) is 13.9. The number of thioether (sulfide) groups is 1. The van der Waals surface area contributed by atoms with Gasteiger partial charge in [-0.25, -0.2) is 0 Å². The number of rotatable bonds is 3. The van der Waals surface area contributed by atoms with Crippen LogP contribution in [-0.2, 0) is 4.74 Å². The Morgan fingerprint density at radius 3 is 2.47 bits per heavy atom. The maximum absolute atomic E-state index is 5.79. The Morgan fingerprint density at radius 2 is 1.95 bits per heavy atom. The lowest BCUT2D eigenvalue weighted by molar-refractivity contribution is -0.0158. The van der Waals surface area contributed by atoms with Crippen molar-refractivity contribution >= 4 is 16.9 Å². The van der Waals surface area contributed by atoms with E-state index in [-0.39, 0.29) is 5.60 Å². The van der Waals surface area contributed by atoms with Crippen molar-refractivity contribution in [3.05, 3.63) is 0 Å². The summed E-state index contributed by atoms with van der Waals surface area (Å²) in [6.07, 6.45) is 0. The van der Waals surface area contributed by atoms with Crippen LogP contribution in [0.3, 0.4) is 0 Å². The second-order valence-electron chi connectivity index (χ2n) is 6.34. The van der Waals surface area contributed by atoms with Crippen molar-refractivity contribution in [1.82, 2.24) is 9.80 Å². The molecule has 1 saturated heterocycles. The molecule has 0 spiro atoms. The molecule has 0 aromatic rings. The fourth-order valence-corrected chi connectivity index (χ4v) is 3.27. The van der Waals surface area contributed by atoms with Crippen molar-refractivity contribution in [2.75, 3.05) is 45.9 Å². The zero-order valence-corrected chi connectivity index (χ0v) is 13.5. The number of amidine groups is 1. The van der Waals surface area contributed by atoms with Crippen LogP contribution in [0.2, 0.25) is 0 Å². The average Bonchev–Trinajstić information content (AvgIpc) is 2.75. The van der Waals surface area contributed by atoms with Gasteiger partial charge < -0.3 is 9.64 Å². The van der Waals surface area contributed by atoms with Crippen molar-refractivity contribution in [3.63, 3.8) is 0 Å². The molecule has 4 nitrogen and oxygen atoms in total. The molecule has 0 amide bonds. The molecule has 1 atom stereocenters. The number of nitrogens with zero attached hydrogens (tertiary/aromatic N) is 3. The lowest BCUT2D eigenvalue weighted by Crippen LogP contribution is -2.48. The van der Waals surface area contributed by atoms with Crippen LogP contribution < -0.4 is 0 Å². The molecule has 2 heterocycles. The maximum Gasteiger partial charge on any atom is 0.159 e. The Morgan fingerprint density at radius 1 is 1.26 bits per heavy atom. The lowest BCUT2D eigenvalue weighted by Gasteiger charge is -2.36. The molecule has 0 radical (unpaired) electrons. The second kappa shape index (κ2) is 6.46. The molecule has 0 unspecified atom stereocenters. The molecule has 2 rings (SSSR count). The van der Waals surface area contributed by atoms with Crippen molar-refractivity contribution in [3.8, 4) is 0 Å². The minimum Gasteiger partial charge on any atom is -0.375 e. The van der Waals surface area contributed by atoms with Crippen molar-refractivity contribution in [2.24, 2.45) is 4.99 Å². The number of ether oxygens (including phenoxy) is 1. The van der Waals surface area contributed by atoms with Crippen LogP contribution in [-0.4, -0.2) is 71.7 Å². The predicted octanol–water partition coefficient (Wildman–Crippen LogP) is 1.91. The Balaban J connectivity index is 1.65. The second-order valence-corrected chi connectivity index (χ2v) is 7.75. The van der Waals surface area contributed by atoms with Gasteiger partial charge in [-0.2, -0.15) is 0 Å². The van der Waals surface area contributed by atoms with Gasteiger partial charge in [-0.15, -0.1) is 0 Å². The van der Waals surface area contributed by atoms with Gasteiger partial charge in [0.2, 0.25) is 0 Å². The highest BCUT2D eigenvalue weighted by Crippen LogP contribution is 2.23. The molecule has 19 heavy (non-hydrogen) atoms. The summed E-state index contributed by atoms with van der Waals surface area (Å²) in [5.74, 6) is 0. The minimum absolute atomic E-state index is 0.0207. The molecule has 0 aromatic heterocycles. The van der Waals surface area contributed by atoms with E-state index in [1.807, 2.05) is 11.8 Å². The largest absolute Gasteiger partial charge is 0.375 e. The first kappa shape index (κ1) is 15.1. The topological polar surface area (TPSA) is 28.1 Å². The summed E-state index contributed by atoms with van der Waals surface area (Å²) in [6, 6.07) is 0. The highest BCUT2D eigenvalue weighted by Gasteiger charge is 2.24. The third-order valence-corrected chi connectivity index (χ3v) is 4.53. The normalized spacial score (nSPS) is 25.8. The van der Waals surface area contributed by atoms with E-state index in [0.717, 1.165) is 45.9 Å². The quantitative estimate of drug-likeness (QED) is 0.792. The van der Waals surface area contributed by atoms with E-state index < -0.39 is 0 Å². The van der Waals surface area contributed by atoms with Crippen molar-refractivity contribution < 1.29 is 4.74 Å². The highest BCUT2D eigenvalue weighted by atomic mass is 32.2. The third-order valence-electron chi connectivity index (χ3n) is 3.38. The van der Waals surface area contributed by atoms with E-state index in [1.165, 1.54) is 5.17 Å². The first-order valence-corrected chi connectivity index (χ1v) is 8.14. The number of piperazine rings is 1. The fraction of sp³-hybridized carbons (Fsp3) is 0.929. The summed E-state index contributed by atoms with van der Waals surface area (Å²) in [5, 5.41) is 1.92. The number of hydrogen-bond donors (Lipinski definition) is 0. The van der Waals surface area contributed by atoms with Crippen LogP contribution in [0, 0.1) is 0 Å². The first-order valence-electron chi connectivity index (χ1n) is 7.26.